The van der Waals surface area contributed by atoms with Crippen molar-refractivity contribution >= 4 is 23.9 Å². The van der Waals surface area contributed by atoms with Crippen LogP contribution in [0.3, 0.4) is 0 Å². The summed E-state index contributed by atoms with van der Waals surface area (Å²) >= 11 is 0. The van der Waals surface area contributed by atoms with Crippen LogP contribution in [0.5, 0.6) is 0 Å². The molecular weight excluding hydrogens is 384 g/mol. The van der Waals surface area contributed by atoms with Crippen molar-refractivity contribution in [3.63, 3.8) is 0 Å². The summed E-state index contributed by atoms with van der Waals surface area (Å²) in [5.41, 5.74) is 1.54. The van der Waals surface area contributed by atoms with E-state index in [4.69, 9.17) is 0 Å². The van der Waals surface area contributed by atoms with Crippen LogP contribution in [0.1, 0.15) is 29.5 Å². The molecule has 1 aliphatic carbocycles. The lowest BCUT2D eigenvalue weighted by Gasteiger charge is -2.33. The number of nitrogens with one attached hydrogen (secondary N) is 3. The van der Waals surface area contributed by atoms with Crippen LogP contribution in [0.25, 0.3) is 0 Å². The maximum atomic E-state index is 13.1. The summed E-state index contributed by atoms with van der Waals surface area (Å²) < 4.78 is 0. The number of carbonyl (C=O) groups excluding carboxylic acids is 4. The first-order valence-electron chi connectivity index (χ1n) is 9.84. The molecule has 3 N–H and O–H groups in total. The Morgan fingerprint density at radius 3 is 2.57 bits per heavy atom. The molecule has 1 spiro atoms. The largest absolute Gasteiger partial charge is 0.334 e. The minimum Gasteiger partial charge on any atom is -0.334 e. The van der Waals surface area contributed by atoms with Gasteiger partial charge in [0.15, 0.2) is 0 Å². The smallest absolute Gasteiger partial charge is 0.325 e. The van der Waals surface area contributed by atoms with E-state index in [1.54, 1.807) is 0 Å². The maximum Gasteiger partial charge on any atom is 0.325 e. The Hall–Kier alpha value is -3.68. The van der Waals surface area contributed by atoms with Gasteiger partial charge in [0.1, 0.15) is 12.1 Å². The van der Waals surface area contributed by atoms with Gasteiger partial charge in [-0.15, -0.1) is 0 Å². The second-order valence-corrected chi connectivity index (χ2v) is 7.45. The van der Waals surface area contributed by atoms with E-state index in [-0.39, 0.29) is 6.54 Å². The Morgan fingerprint density at radius 2 is 1.77 bits per heavy atom. The van der Waals surface area contributed by atoms with E-state index < -0.39 is 36.0 Å². The van der Waals surface area contributed by atoms with E-state index >= 15 is 0 Å². The molecule has 30 heavy (non-hydrogen) atoms. The first-order chi connectivity index (χ1) is 14.5. The molecule has 1 fully saturated rings. The van der Waals surface area contributed by atoms with Crippen molar-refractivity contribution in [1.82, 2.24) is 20.9 Å². The molecule has 8 heteroatoms. The number of carbonyl (C=O) groups is 4. The lowest BCUT2D eigenvalue weighted by atomic mass is 9.76. The number of rotatable bonds is 4. The molecule has 1 heterocycles. The molecule has 0 radical (unpaired) electrons. The van der Waals surface area contributed by atoms with Gasteiger partial charge in [-0.3, -0.25) is 19.8 Å². The Kier molecular flexibility index (Phi) is 5.22. The highest BCUT2D eigenvalue weighted by Crippen LogP contribution is 2.39. The normalized spacial score (nSPS) is 19.9. The topological polar surface area (TPSA) is 108 Å². The molecule has 4 rings (SSSR count). The summed E-state index contributed by atoms with van der Waals surface area (Å²) in [6.45, 7) is -0.268. The molecular formula is C22H22N4O4. The maximum absolute atomic E-state index is 13.1. The van der Waals surface area contributed by atoms with Gasteiger partial charge in [-0.2, -0.15) is 0 Å². The molecule has 0 unspecified atom stereocenters. The van der Waals surface area contributed by atoms with Crippen molar-refractivity contribution in [3.8, 4) is 0 Å². The summed E-state index contributed by atoms with van der Waals surface area (Å²) in [4.78, 5) is 50.8. The number of urea groups is 2. The molecule has 154 valence electrons. The fourth-order valence-corrected chi connectivity index (χ4v) is 4.09. The number of fused-ring (bicyclic) bond motifs is 2. The fraction of sp³-hybridized carbons (Fsp3) is 0.273. The van der Waals surface area contributed by atoms with Crippen LogP contribution in [-0.4, -0.2) is 35.3 Å². The second kappa shape index (κ2) is 7.98. The van der Waals surface area contributed by atoms with Crippen molar-refractivity contribution in [2.45, 2.75) is 31.3 Å². The van der Waals surface area contributed by atoms with Crippen molar-refractivity contribution in [1.29, 1.82) is 0 Å². The van der Waals surface area contributed by atoms with Crippen LogP contribution in [-0.2, 0) is 28.1 Å². The third-order valence-corrected chi connectivity index (χ3v) is 5.50. The summed E-state index contributed by atoms with van der Waals surface area (Å²) in [6.07, 6.45) is 2.07. The van der Waals surface area contributed by atoms with Crippen LogP contribution in [0, 0.1) is 0 Å². The van der Waals surface area contributed by atoms with Gasteiger partial charge in [-0.05, 0) is 36.0 Å². The highest BCUT2D eigenvalue weighted by Gasteiger charge is 2.54. The number of imide groups is 2. The van der Waals surface area contributed by atoms with E-state index in [9.17, 15) is 19.2 Å². The monoisotopic (exact) mass is 406 g/mol. The highest BCUT2D eigenvalue weighted by molar-refractivity contribution is 6.10. The molecule has 2 aromatic carbocycles. The van der Waals surface area contributed by atoms with E-state index in [0.717, 1.165) is 34.4 Å². The van der Waals surface area contributed by atoms with Gasteiger partial charge in [0, 0.05) is 6.54 Å². The number of aryl methyl sites for hydroxylation is 1. The third kappa shape index (κ3) is 3.63. The Labute approximate surface area is 173 Å². The Morgan fingerprint density at radius 1 is 1.03 bits per heavy atom. The molecule has 0 bridgehead atoms. The van der Waals surface area contributed by atoms with E-state index in [1.807, 2.05) is 54.6 Å². The summed E-state index contributed by atoms with van der Waals surface area (Å²) in [6, 6.07) is 15.4. The molecule has 0 aromatic heterocycles. The zero-order chi connectivity index (χ0) is 21.1. The Bertz CT molecular complexity index is 1010. The van der Waals surface area contributed by atoms with Crippen molar-refractivity contribution in [3.05, 3.63) is 71.3 Å². The van der Waals surface area contributed by atoms with E-state index in [1.165, 1.54) is 0 Å². The van der Waals surface area contributed by atoms with Crippen LogP contribution in [0.15, 0.2) is 54.6 Å². The van der Waals surface area contributed by atoms with Gasteiger partial charge in [0.05, 0.1) is 0 Å². The Balaban J connectivity index is 1.39. The molecule has 1 saturated heterocycles. The van der Waals surface area contributed by atoms with Crippen LogP contribution in [0.2, 0.25) is 0 Å². The standard InChI is InChI=1S/C22H22N4O4/c27-18(24-20(29)23-13-15-7-2-1-3-8-15)14-26-19(28)22(25-21(26)30)12-6-10-16-9-4-5-11-17(16)22/h1-5,7-9,11H,6,10,12-14H2,(H,25,30)(H2,23,24,27,29)/t22-/m1/s1. The van der Waals surface area contributed by atoms with Gasteiger partial charge < -0.3 is 10.6 Å². The van der Waals surface area contributed by atoms with Crippen molar-refractivity contribution < 1.29 is 19.2 Å². The van der Waals surface area contributed by atoms with Gasteiger partial charge in [0.25, 0.3) is 5.91 Å². The predicted octanol–water partition coefficient (Wildman–Crippen LogP) is 1.80. The second-order valence-electron chi connectivity index (χ2n) is 7.45. The number of hydrogen-bond acceptors (Lipinski definition) is 4. The first kappa shape index (κ1) is 19.6. The SMILES string of the molecule is O=C(CN1C(=O)N[C@@]2(CCCc3ccccc32)C1=O)NC(=O)NCc1ccccc1. The summed E-state index contributed by atoms with van der Waals surface area (Å²) in [7, 11) is 0. The average molecular weight is 406 g/mol. The van der Waals surface area contributed by atoms with Crippen molar-refractivity contribution in [2.24, 2.45) is 0 Å². The average Bonchev–Trinajstić information content (AvgIpc) is 2.98. The van der Waals surface area contributed by atoms with Gasteiger partial charge in [0.2, 0.25) is 5.91 Å². The first-order valence-corrected chi connectivity index (χ1v) is 9.84. The van der Waals surface area contributed by atoms with Crippen LogP contribution >= 0.6 is 0 Å². The molecule has 2 aliphatic rings. The quantitative estimate of drug-likeness (QED) is 0.673. The molecule has 8 nitrogen and oxygen atoms in total. The van der Waals surface area contributed by atoms with Gasteiger partial charge in [-0.1, -0.05) is 54.6 Å². The number of nitrogens with zero attached hydrogens (tertiary/aromatic N) is 1. The summed E-state index contributed by atoms with van der Waals surface area (Å²) in [5, 5.41) is 7.53. The lowest BCUT2D eigenvalue weighted by Crippen LogP contribution is -2.48. The zero-order valence-electron chi connectivity index (χ0n) is 16.3. The van der Waals surface area contributed by atoms with Crippen molar-refractivity contribution in [2.75, 3.05) is 6.54 Å². The molecule has 1 atom stereocenters. The third-order valence-electron chi connectivity index (χ3n) is 5.50. The number of hydrogen-bond donors (Lipinski definition) is 3. The van der Waals surface area contributed by atoms with E-state index in [0.29, 0.717) is 6.42 Å². The minimum atomic E-state index is -1.14. The lowest BCUT2D eigenvalue weighted by molar-refractivity contribution is -0.135. The van der Waals surface area contributed by atoms with Gasteiger partial charge >= 0.3 is 12.1 Å². The fourth-order valence-electron chi connectivity index (χ4n) is 4.09. The molecule has 2 aromatic rings. The zero-order valence-corrected chi connectivity index (χ0v) is 16.3. The summed E-state index contributed by atoms with van der Waals surface area (Å²) in [5.74, 6) is -1.19. The minimum absolute atomic E-state index is 0.253. The molecule has 0 saturated carbocycles. The van der Waals surface area contributed by atoms with Gasteiger partial charge in [-0.25, -0.2) is 9.59 Å². The molecule has 1 aliphatic heterocycles. The molecule has 6 amide bonds. The van der Waals surface area contributed by atoms with Crippen LogP contribution in [0.4, 0.5) is 9.59 Å². The number of benzene rings is 2. The highest BCUT2D eigenvalue weighted by atomic mass is 16.2. The van der Waals surface area contributed by atoms with Crippen LogP contribution < -0.4 is 16.0 Å². The number of amides is 6. The predicted molar refractivity (Wildman–Crippen MR) is 108 cm³/mol. The van der Waals surface area contributed by atoms with E-state index in [2.05, 4.69) is 16.0 Å².